The summed E-state index contributed by atoms with van der Waals surface area (Å²) in [4.78, 5) is 7.25. The zero-order chi connectivity index (χ0) is 13.0. The fourth-order valence-electron chi connectivity index (χ4n) is 2.16. The number of hydrogen-bond acceptors (Lipinski definition) is 5. The fourth-order valence-corrected chi connectivity index (χ4v) is 2.16. The number of hydrogen-bond donors (Lipinski definition) is 3. The molecule has 2 heterocycles. The molecule has 0 aromatic carbocycles. The van der Waals surface area contributed by atoms with Crippen molar-refractivity contribution in [3.05, 3.63) is 17.7 Å². The van der Waals surface area contributed by atoms with Crippen LogP contribution in [-0.4, -0.2) is 54.2 Å². The molecule has 0 saturated carbocycles. The molecule has 1 aliphatic heterocycles. The molecule has 0 amide bonds. The SMILES string of the molecule is CO[C@@H]1COC[C@@H](CNCc2nc[nH]c2C)[C@@H]1O. The van der Waals surface area contributed by atoms with E-state index in [9.17, 15) is 5.11 Å². The standard InChI is InChI=1S/C12H21N3O3/c1-8-10(15-7-14-8)4-13-3-9-5-18-6-11(17-2)12(9)16/h7,9,11-13,16H,3-6H2,1-2H3,(H,14,15)/t9-,11-,12+/m1/s1. The number of aryl methyl sites for hydroxylation is 1. The highest BCUT2D eigenvalue weighted by atomic mass is 16.5. The molecule has 0 bridgehead atoms. The van der Waals surface area contributed by atoms with Crippen molar-refractivity contribution in [1.82, 2.24) is 15.3 Å². The van der Waals surface area contributed by atoms with Crippen LogP contribution in [0.2, 0.25) is 0 Å². The maximum Gasteiger partial charge on any atom is 0.107 e. The van der Waals surface area contributed by atoms with Crippen LogP contribution in [0.25, 0.3) is 0 Å². The van der Waals surface area contributed by atoms with Crippen LogP contribution in [-0.2, 0) is 16.0 Å². The largest absolute Gasteiger partial charge is 0.390 e. The van der Waals surface area contributed by atoms with E-state index in [2.05, 4.69) is 15.3 Å². The average Bonchev–Trinajstić information content (AvgIpc) is 2.77. The number of ether oxygens (including phenoxy) is 2. The summed E-state index contributed by atoms with van der Waals surface area (Å²) in [6, 6.07) is 0. The lowest BCUT2D eigenvalue weighted by atomic mass is 9.96. The molecule has 0 radical (unpaired) electrons. The van der Waals surface area contributed by atoms with E-state index in [-0.39, 0.29) is 12.0 Å². The molecule has 1 aromatic heterocycles. The van der Waals surface area contributed by atoms with Gasteiger partial charge in [0.1, 0.15) is 6.10 Å². The number of aromatic nitrogens is 2. The molecule has 1 aromatic rings. The number of aliphatic hydroxyl groups is 1. The van der Waals surface area contributed by atoms with Gasteiger partial charge in [-0.3, -0.25) is 0 Å². The monoisotopic (exact) mass is 255 g/mol. The van der Waals surface area contributed by atoms with E-state index in [4.69, 9.17) is 9.47 Å². The third-order valence-electron chi connectivity index (χ3n) is 3.41. The Morgan fingerprint density at radius 3 is 3.11 bits per heavy atom. The van der Waals surface area contributed by atoms with Crippen molar-refractivity contribution in [3.63, 3.8) is 0 Å². The summed E-state index contributed by atoms with van der Waals surface area (Å²) in [5.41, 5.74) is 2.07. The number of aliphatic hydroxyl groups excluding tert-OH is 1. The van der Waals surface area contributed by atoms with Gasteiger partial charge in [0.25, 0.3) is 0 Å². The third kappa shape index (κ3) is 3.08. The fraction of sp³-hybridized carbons (Fsp3) is 0.750. The van der Waals surface area contributed by atoms with E-state index in [0.29, 0.717) is 26.3 Å². The van der Waals surface area contributed by atoms with Crippen molar-refractivity contribution >= 4 is 0 Å². The minimum Gasteiger partial charge on any atom is -0.390 e. The molecule has 0 spiro atoms. The molecule has 18 heavy (non-hydrogen) atoms. The van der Waals surface area contributed by atoms with Gasteiger partial charge in [0, 0.05) is 31.8 Å². The first-order valence-corrected chi connectivity index (χ1v) is 6.20. The predicted octanol–water partition coefficient (Wildman–Crippen LogP) is -0.170. The van der Waals surface area contributed by atoms with Crippen LogP contribution in [0.15, 0.2) is 6.33 Å². The van der Waals surface area contributed by atoms with Crippen LogP contribution in [0.4, 0.5) is 0 Å². The van der Waals surface area contributed by atoms with Gasteiger partial charge in [-0.25, -0.2) is 4.98 Å². The summed E-state index contributed by atoms with van der Waals surface area (Å²) in [6.07, 6.45) is 0.987. The number of nitrogens with one attached hydrogen (secondary N) is 2. The van der Waals surface area contributed by atoms with Crippen molar-refractivity contribution in [2.45, 2.75) is 25.7 Å². The van der Waals surface area contributed by atoms with E-state index in [1.54, 1.807) is 13.4 Å². The second-order valence-electron chi connectivity index (χ2n) is 4.67. The molecule has 0 unspecified atom stereocenters. The number of H-pyrrole nitrogens is 1. The molecule has 1 fully saturated rings. The lowest BCUT2D eigenvalue weighted by molar-refractivity contribution is -0.133. The van der Waals surface area contributed by atoms with Crippen molar-refractivity contribution in [2.75, 3.05) is 26.9 Å². The Labute approximate surface area is 107 Å². The number of nitrogens with zero attached hydrogens (tertiary/aromatic N) is 1. The maximum absolute atomic E-state index is 10.1. The number of imidazole rings is 1. The quantitative estimate of drug-likeness (QED) is 0.681. The number of aromatic amines is 1. The second kappa shape index (κ2) is 6.29. The highest BCUT2D eigenvalue weighted by Crippen LogP contribution is 2.16. The molecular formula is C12H21N3O3. The van der Waals surface area contributed by atoms with Crippen LogP contribution in [0.1, 0.15) is 11.4 Å². The molecule has 1 aliphatic rings. The van der Waals surface area contributed by atoms with Crippen LogP contribution in [0.3, 0.4) is 0 Å². The maximum atomic E-state index is 10.1. The van der Waals surface area contributed by atoms with Crippen LogP contribution >= 0.6 is 0 Å². The second-order valence-corrected chi connectivity index (χ2v) is 4.67. The van der Waals surface area contributed by atoms with Crippen molar-refractivity contribution in [1.29, 1.82) is 0 Å². The third-order valence-corrected chi connectivity index (χ3v) is 3.41. The topological polar surface area (TPSA) is 79.4 Å². The summed E-state index contributed by atoms with van der Waals surface area (Å²) in [5, 5.41) is 13.4. The first kappa shape index (κ1) is 13.5. The molecule has 3 N–H and O–H groups in total. The van der Waals surface area contributed by atoms with Gasteiger partial charge in [-0.15, -0.1) is 0 Å². The van der Waals surface area contributed by atoms with Crippen molar-refractivity contribution in [2.24, 2.45) is 5.92 Å². The van der Waals surface area contributed by atoms with Gasteiger partial charge in [0.2, 0.25) is 0 Å². The summed E-state index contributed by atoms with van der Waals surface area (Å²) < 4.78 is 10.6. The van der Waals surface area contributed by atoms with E-state index < -0.39 is 6.10 Å². The zero-order valence-electron chi connectivity index (χ0n) is 10.8. The highest BCUT2D eigenvalue weighted by molar-refractivity contribution is 5.07. The Kier molecular flexibility index (Phi) is 4.71. The number of methoxy groups -OCH3 is 1. The van der Waals surface area contributed by atoms with Crippen LogP contribution < -0.4 is 5.32 Å². The van der Waals surface area contributed by atoms with Crippen LogP contribution in [0.5, 0.6) is 0 Å². The van der Waals surface area contributed by atoms with Gasteiger partial charge in [0.15, 0.2) is 0 Å². The zero-order valence-corrected chi connectivity index (χ0v) is 10.8. The van der Waals surface area contributed by atoms with Crippen LogP contribution in [0, 0.1) is 12.8 Å². The Bertz CT molecular complexity index is 369. The molecule has 1 saturated heterocycles. The smallest absolute Gasteiger partial charge is 0.107 e. The lowest BCUT2D eigenvalue weighted by Gasteiger charge is -2.33. The van der Waals surface area contributed by atoms with Gasteiger partial charge in [0.05, 0.1) is 31.3 Å². The minimum atomic E-state index is -0.475. The Morgan fingerprint density at radius 1 is 1.61 bits per heavy atom. The summed E-state index contributed by atoms with van der Waals surface area (Å²) >= 11 is 0. The van der Waals surface area contributed by atoms with E-state index in [0.717, 1.165) is 11.4 Å². The number of rotatable bonds is 5. The van der Waals surface area contributed by atoms with Crippen molar-refractivity contribution < 1.29 is 14.6 Å². The molecule has 3 atom stereocenters. The summed E-state index contributed by atoms with van der Waals surface area (Å²) in [6.45, 7) is 4.40. The summed E-state index contributed by atoms with van der Waals surface area (Å²) in [5.74, 6) is 0.0583. The summed E-state index contributed by atoms with van der Waals surface area (Å²) in [7, 11) is 1.60. The molecule has 0 aliphatic carbocycles. The Balaban J connectivity index is 1.77. The molecule has 102 valence electrons. The van der Waals surface area contributed by atoms with Crippen molar-refractivity contribution in [3.8, 4) is 0 Å². The normalized spacial score (nSPS) is 28.5. The van der Waals surface area contributed by atoms with Gasteiger partial charge in [-0.2, -0.15) is 0 Å². The van der Waals surface area contributed by atoms with Gasteiger partial charge < -0.3 is 24.9 Å². The Morgan fingerprint density at radius 2 is 2.44 bits per heavy atom. The average molecular weight is 255 g/mol. The molecule has 6 nitrogen and oxygen atoms in total. The van der Waals surface area contributed by atoms with E-state index in [1.165, 1.54) is 0 Å². The molecule has 6 heteroatoms. The lowest BCUT2D eigenvalue weighted by Crippen LogP contribution is -2.48. The highest BCUT2D eigenvalue weighted by Gasteiger charge is 2.32. The minimum absolute atomic E-state index is 0.0583. The van der Waals surface area contributed by atoms with Gasteiger partial charge >= 0.3 is 0 Å². The first-order chi connectivity index (χ1) is 8.72. The molecule has 2 rings (SSSR count). The van der Waals surface area contributed by atoms with Gasteiger partial charge in [-0.05, 0) is 6.92 Å². The van der Waals surface area contributed by atoms with Gasteiger partial charge in [-0.1, -0.05) is 0 Å². The van der Waals surface area contributed by atoms with E-state index in [1.807, 2.05) is 6.92 Å². The van der Waals surface area contributed by atoms with E-state index >= 15 is 0 Å². The predicted molar refractivity (Wildman–Crippen MR) is 66.1 cm³/mol. The Hall–Kier alpha value is -0.950. The molecular weight excluding hydrogens is 234 g/mol. The first-order valence-electron chi connectivity index (χ1n) is 6.20.